The molecule has 0 spiro atoms. The summed E-state index contributed by atoms with van der Waals surface area (Å²) in [5.74, 6) is 4.46. The number of hydrogen-bond donors (Lipinski definition) is 4. The number of aromatic nitrogens is 6. The van der Waals surface area contributed by atoms with E-state index in [1.165, 1.54) is 0 Å². The van der Waals surface area contributed by atoms with Crippen LogP contribution < -0.4 is 27.5 Å². The van der Waals surface area contributed by atoms with Crippen LogP contribution in [-0.4, -0.2) is 36.1 Å². The van der Waals surface area contributed by atoms with E-state index in [1.54, 1.807) is 0 Å². The van der Waals surface area contributed by atoms with E-state index in [2.05, 4.69) is 52.5 Å². The highest BCUT2D eigenvalue weighted by Crippen LogP contribution is 1.99. The number of rotatable bonds is 2. The van der Waals surface area contributed by atoms with Crippen molar-refractivity contribution in [2.75, 3.05) is 0 Å². The van der Waals surface area contributed by atoms with Crippen LogP contribution in [0.25, 0.3) is 11.5 Å². The molecule has 2 aromatic heterocycles. The van der Waals surface area contributed by atoms with Gasteiger partial charge in [-0.15, -0.1) is 0 Å². The van der Waals surface area contributed by atoms with E-state index in [0.29, 0.717) is 0 Å². The van der Waals surface area contributed by atoms with Gasteiger partial charge >= 0.3 is 0 Å². The van der Waals surface area contributed by atoms with Crippen LogP contribution >= 0.6 is 0 Å². The van der Waals surface area contributed by atoms with Crippen LogP contribution in [0.2, 0.25) is 0 Å². The molecule has 0 radical (unpaired) electrons. The molecular weight excluding hydrogens is 256 g/mol. The molecule has 0 saturated carbocycles. The largest absolute Gasteiger partial charge is 0.381 e. The zero-order chi connectivity index (χ0) is 14.0. The molecule has 0 aliphatic carbocycles. The summed E-state index contributed by atoms with van der Waals surface area (Å²) in [5.41, 5.74) is -0.406. The van der Waals surface area contributed by atoms with Gasteiger partial charge < -0.3 is 9.73 Å². The average molecular weight is 264 g/mol. The lowest BCUT2D eigenvalue weighted by molar-refractivity contribution is -0.670. The van der Waals surface area contributed by atoms with Crippen LogP contribution in [-0.2, 0) is 0 Å². The third-order valence-electron chi connectivity index (χ3n) is 1.18. The summed E-state index contributed by atoms with van der Waals surface area (Å²) in [5, 5.41) is 45.2. The Morgan fingerprint density at radius 2 is 2.06 bits per heavy atom. The van der Waals surface area contributed by atoms with E-state index in [-0.39, 0.29) is 17.0 Å². The van der Waals surface area contributed by atoms with Crippen molar-refractivity contribution in [3.63, 3.8) is 0 Å². The SMILES string of the molecule is O=[N+]([O-])/N=c1\[n-]onc1-c1nnn[n-]1.[NH3+]O.[NH3+]O. The van der Waals surface area contributed by atoms with Gasteiger partial charge in [0.1, 0.15) is 10.5 Å². The van der Waals surface area contributed by atoms with Crippen LogP contribution in [0.1, 0.15) is 0 Å². The lowest BCUT2D eigenvalue weighted by atomic mass is 10.4. The molecule has 0 aromatic carbocycles. The zero-order valence-electron chi connectivity index (χ0n) is 8.61. The minimum atomic E-state index is -0.938. The molecule has 15 heteroatoms. The molecule has 0 atom stereocenters. The van der Waals surface area contributed by atoms with Crippen molar-refractivity contribution in [2.24, 2.45) is 5.10 Å². The summed E-state index contributed by atoms with van der Waals surface area (Å²) in [6.07, 6.45) is 0. The van der Waals surface area contributed by atoms with E-state index >= 15 is 0 Å². The van der Waals surface area contributed by atoms with Gasteiger partial charge in [0, 0.05) is 5.82 Å². The first-order valence-corrected chi connectivity index (χ1v) is 3.78. The van der Waals surface area contributed by atoms with E-state index in [9.17, 15) is 10.1 Å². The molecule has 0 aliphatic rings. The maximum absolute atomic E-state index is 10.0. The lowest BCUT2D eigenvalue weighted by Gasteiger charge is -1.92. The van der Waals surface area contributed by atoms with Gasteiger partial charge in [0.05, 0.1) is 5.69 Å². The molecule has 2 heterocycles. The van der Waals surface area contributed by atoms with Crippen LogP contribution in [0.3, 0.4) is 0 Å². The van der Waals surface area contributed by atoms with E-state index in [0.717, 1.165) is 0 Å². The molecule has 18 heavy (non-hydrogen) atoms. The molecule has 0 saturated heterocycles. The van der Waals surface area contributed by atoms with E-state index in [1.807, 2.05) is 0 Å². The molecule has 0 unspecified atom stereocenters. The number of tetrazole rings is 1. The van der Waals surface area contributed by atoms with Crippen molar-refractivity contribution in [3.05, 3.63) is 15.6 Å². The van der Waals surface area contributed by atoms with Crippen LogP contribution in [0, 0.1) is 10.1 Å². The molecule has 0 aliphatic heterocycles. The Balaban J connectivity index is 0.000000659. The summed E-state index contributed by atoms with van der Waals surface area (Å²) >= 11 is 0. The van der Waals surface area contributed by atoms with E-state index in [4.69, 9.17) is 10.4 Å². The standard InChI is InChI=1S/C3N8O3.2H4NO/c12-11(13)6-3-1(7-14-8-3)2-4-9-10-5-2;2*1-2/h;2*2H,1H3/q-2;2*+1. The van der Waals surface area contributed by atoms with Gasteiger partial charge in [-0.1, -0.05) is 5.10 Å². The second-order valence-corrected chi connectivity index (χ2v) is 1.98. The minimum absolute atomic E-state index is 0.0353. The smallest absolute Gasteiger partial charge is 0.128 e. The second-order valence-electron chi connectivity index (χ2n) is 1.98. The Morgan fingerprint density at radius 1 is 1.39 bits per heavy atom. The highest BCUT2D eigenvalue weighted by Gasteiger charge is 1.98. The van der Waals surface area contributed by atoms with Gasteiger partial charge in [0.25, 0.3) is 0 Å². The third kappa shape index (κ3) is 4.02. The average Bonchev–Trinajstić information content (AvgIpc) is 3.03. The summed E-state index contributed by atoms with van der Waals surface area (Å²) in [7, 11) is 0. The van der Waals surface area contributed by atoms with Crippen molar-refractivity contribution in [2.45, 2.75) is 0 Å². The monoisotopic (exact) mass is 264 g/mol. The van der Waals surface area contributed by atoms with Gasteiger partial charge in [0.2, 0.25) is 0 Å². The highest BCUT2D eigenvalue weighted by molar-refractivity contribution is 5.42. The predicted molar refractivity (Wildman–Crippen MR) is 43.9 cm³/mol. The van der Waals surface area contributed by atoms with Crippen LogP contribution in [0.5, 0.6) is 0 Å². The van der Waals surface area contributed by atoms with Crippen molar-refractivity contribution in [1.82, 2.24) is 30.9 Å². The maximum atomic E-state index is 10.0. The fraction of sp³-hybridized carbons (Fsp3) is 0. The number of nitrogens with zero attached hydrogens (tertiary/aromatic N) is 8. The molecule has 0 fully saturated rings. The van der Waals surface area contributed by atoms with Crippen molar-refractivity contribution in [3.8, 4) is 11.5 Å². The minimum Gasteiger partial charge on any atom is -0.381 e. The highest BCUT2D eigenvalue weighted by atomic mass is 16.7. The molecule has 2 aromatic rings. The Morgan fingerprint density at radius 3 is 2.56 bits per heavy atom. The molecule has 100 valence electrons. The maximum Gasteiger partial charge on any atom is 0.128 e. The van der Waals surface area contributed by atoms with Crippen molar-refractivity contribution < 1.29 is 31.9 Å². The summed E-state index contributed by atoms with van der Waals surface area (Å²) < 4.78 is 4.24. The normalized spacial score (nSPS) is 9.89. The lowest BCUT2D eigenvalue weighted by Crippen LogP contribution is -2.42. The summed E-state index contributed by atoms with van der Waals surface area (Å²) in [6.45, 7) is 0. The van der Waals surface area contributed by atoms with Gasteiger partial charge in [-0.2, -0.15) is 15.5 Å². The van der Waals surface area contributed by atoms with Gasteiger partial charge in [-0.25, -0.2) is 32.3 Å². The molecule has 0 amide bonds. The Labute approximate surface area is 96.1 Å². The summed E-state index contributed by atoms with van der Waals surface area (Å²) in [6, 6.07) is 0. The molecule has 0 bridgehead atoms. The van der Waals surface area contributed by atoms with E-state index < -0.39 is 5.03 Å². The zero-order valence-corrected chi connectivity index (χ0v) is 8.61. The summed E-state index contributed by atoms with van der Waals surface area (Å²) in [4.78, 5) is 10.0. The molecule has 8 N–H and O–H groups in total. The Hall–Kier alpha value is -2.75. The predicted octanol–water partition coefficient (Wildman–Crippen LogP) is -5.23. The van der Waals surface area contributed by atoms with Crippen molar-refractivity contribution >= 4 is 0 Å². The van der Waals surface area contributed by atoms with Crippen LogP contribution in [0.15, 0.2) is 9.73 Å². The quantitative estimate of drug-likeness (QED) is 0.294. The fourth-order valence-electron chi connectivity index (χ4n) is 0.707. The van der Waals surface area contributed by atoms with Gasteiger partial charge in [0.15, 0.2) is 0 Å². The van der Waals surface area contributed by atoms with Crippen LogP contribution in [0.4, 0.5) is 0 Å². The molecular formula is C3H8N10O5. The van der Waals surface area contributed by atoms with Gasteiger partial charge in [-0.05, 0) is 0 Å². The number of nitro groups is 1. The molecule has 2 rings (SSSR count). The van der Waals surface area contributed by atoms with Crippen molar-refractivity contribution in [1.29, 1.82) is 0 Å². The topological polar surface area (TPSA) is 244 Å². The number of quaternary nitrogens is 2. The first kappa shape index (κ1) is 15.2. The Bertz CT molecular complexity index is 498. The van der Waals surface area contributed by atoms with Gasteiger partial charge in [-0.3, -0.25) is 10.3 Å². The first-order chi connectivity index (χ1) is 8.77. The first-order valence-electron chi connectivity index (χ1n) is 3.78. The number of hydrogen-bond acceptors (Lipinski definition) is 9. The molecule has 15 nitrogen and oxygen atoms in total. The Kier molecular flexibility index (Phi) is 7.12. The fourth-order valence-corrected chi connectivity index (χ4v) is 0.707. The second kappa shape index (κ2) is 8.41. The third-order valence-corrected chi connectivity index (χ3v) is 1.18.